The van der Waals surface area contributed by atoms with E-state index in [0.717, 1.165) is 16.9 Å². The average Bonchev–Trinajstić information content (AvgIpc) is 3.33. The second-order valence-electron chi connectivity index (χ2n) is 6.99. The summed E-state index contributed by atoms with van der Waals surface area (Å²) in [7, 11) is 0. The lowest BCUT2D eigenvalue weighted by molar-refractivity contribution is -0.118. The van der Waals surface area contributed by atoms with E-state index < -0.39 is 0 Å². The van der Waals surface area contributed by atoms with Crippen LogP contribution in [-0.4, -0.2) is 65.4 Å². The predicted octanol–water partition coefficient (Wildman–Crippen LogP) is 1.95. The summed E-state index contributed by atoms with van der Waals surface area (Å²) in [4.78, 5) is 25.8. The molecular formula is C20H26N10OS. The maximum Gasteiger partial charge on any atom is 0.261 e. The fraction of sp³-hybridized carbons (Fsp3) is 0.400. The standard InChI is InChI=1S/C20H26N10OS/c1-4-21-17-25-18(22-5-2)30-19(26-17)27-28-20(30)32-12-16(31)23-10-11-29-13(3)24-14-8-6-7-9-15(14)29/h6-9H,4-5,10-12H2,1-3H3,(H,23,31)(H2,21,22,25,26,27). The van der Waals surface area contributed by atoms with E-state index in [4.69, 9.17) is 0 Å². The van der Waals surface area contributed by atoms with E-state index in [9.17, 15) is 4.79 Å². The van der Waals surface area contributed by atoms with Gasteiger partial charge in [0.25, 0.3) is 5.78 Å². The van der Waals surface area contributed by atoms with Crippen molar-refractivity contribution in [3.8, 4) is 0 Å². The SMILES string of the molecule is CCNc1nc(NCC)n2c(SCC(=O)NCCn3c(C)nc4ccccc43)nnc2n1. The molecule has 1 aromatic carbocycles. The molecule has 0 spiro atoms. The Hall–Kier alpha value is -3.41. The number of aryl methyl sites for hydroxylation is 1. The first-order valence-corrected chi connectivity index (χ1v) is 11.5. The molecule has 0 saturated carbocycles. The number of imidazole rings is 1. The van der Waals surface area contributed by atoms with Crippen LogP contribution in [0.4, 0.5) is 11.9 Å². The number of thioether (sulfide) groups is 1. The molecular weight excluding hydrogens is 428 g/mol. The maximum atomic E-state index is 12.4. The summed E-state index contributed by atoms with van der Waals surface area (Å²) >= 11 is 1.30. The number of amides is 1. The van der Waals surface area contributed by atoms with Gasteiger partial charge in [0.2, 0.25) is 17.8 Å². The summed E-state index contributed by atoms with van der Waals surface area (Å²) in [5.74, 6) is 2.56. The van der Waals surface area contributed by atoms with Crippen LogP contribution < -0.4 is 16.0 Å². The highest BCUT2D eigenvalue weighted by Gasteiger charge is 2.16. The van der Waals surface area contributed by atoms with Crippen LogP contribution in [0.2, 0.25) is 0 Å². The molecule has 0 unspecified atom stereocenters. The predicted molar refractivity (Wildman–Crippen MR) is 125 cm³/mol. The van der Waals surface area contributed by atoms with Crippen molar-refractivity contribution in [3.63, 3.8) is 0 Å². The van der Waals surface area contributed by atoms with E-state index in [1.807, 2.05) is 45.0 Å². The zero-order chi connectivity index (χ0) is 22.5. The molecule has 168 valence electrons. The molecule has 3 heterocycles. The van der Waals surface area contributed by atoms with E-state index in [1.165, 1.54) is 11.8 Å². The fourth-order valence-electron chi connectivity index (χ4n) is 3.36. The molecule has 3 N–H and O–H groups in total. The quantitative estimate of drug-likeness (QED) is 0.308. The van der Waals surface area contributed by atoms with E-state index in [2.05, 4.69) is 45.7 Å². The normalized spacial score (nSPS) is 11.2. The van der Waals surface area contributed by atoms with Gasteiger partial charge >= 0.3 is 0 Å². The lowest BCUT2D eigenvalue weighted by atomic mass is 10.3. The van der Waals surface area contributed by atoms with Gasteiger partial charge in [0.05, 0.1) is 16.8 Å². The smallest absolute Gasteiger partial charge is 0.261 e. The highest BCUT2D eigenvalue weighted by Crippen LogP contribution is 2.21. The summed E-state index contributed by atoms with van der Waals surface area (Å²) in [5, 5.41) is 18.1. The number of hydrogen-bond donors (Lipinski definition) is 3. The minimum absolute atomic E-state index is 0.0796. The number of aromatic nitrogens is 7. The van der Waals surface area contributed by atoms with Crippen LogP contribution in [0.15, 0.2) is 29.4 Å². The number of carbonyl (C=O) groups is 1. The molecule has 4 rings (SSSR count). The maximum absolute atomic E-state index is 12.4. The third kappa shape index (κ3) is 4.59. The Morgan fingerprint density at radius 2 is 1.88 bits per heavy atom. The monoisotopic (exact) mass is 454 g/mol. The summed E-state index contributed by atoms with van der Waals surface area (Å²) in [6.07, 6.45) is 0. The van der Waals surface area contributed by atoms with Crippen molar-refractivity contribution in [2.75, 3.05) is 36.0 Å². The van der Waals surface area contributed by atoms with Crippen LogP contribution in [-0.2, 0) is 11.3 Å². The van der Waals surface area contributed by atoms with Crippen LogP contribution in [0.3, 0.4) is 0 Å². The molecule has 0 aliphatic carbocycles. The number of fused-ring (bicyclic) bond motifs is 2. The summed E-state index contributed by atoms with van der Waals surface area (Å²) in [5.41, 5.74) is 2.03. The van der Waals surface area contributed by atoms with E-state index >= 15 is 0 Å². The summed E-state index contributed by atoms with van der Waals surface area (Å²) in [6, 6.07) is 7.99. The molecule has 0 saturated heterocycles. The Balaban J connectivity index is 1.38. The largest absolute Gasteiger partial charge is 0.355 e. The van der Waals surface area contributed by atoms with Crippen LogP contribution >= 0.6 is 11.8 Å². The third-order valence-electron chi connectivity index (χ3n) is 4.75. The number of hydrogen-bond acceptors (Lipinski definition) is 9. The van der Waals surface area contributed by atoms with Crippen LogP contribution in [0.5, 0.6) is 0 Å². The van der Waals surface area contributed by atoms with Crippen molar-refractivity contribution >= 4 is 46.4 Å². The molecule has 4 aromatic rings. The highest BCUT2D eigenvalue weighted by atomic mass is 32.2. The first-order valence-electron chi connectivity index (χ1n) is 10.5. The number of carbonyl (C=O) groups excluding carboxylic acids is 1. The van der Waals surface area contributed by atoms with Gasteiger partial charge in [0, 0.05) is 26.2 Å². The van der Waals surface area contributed by atoms with Gasteiger partial charge in [-0.05, 0) is 32.9 Å². The highest BCUT2D eigenvalue weighted by molar-refractivity contribution is 7.99. The van der Waals surface area contributed by atoms with Gasteiger partial charge in [-0.2, -0.15) is 9.97 Å². The van der Waals surface area contributed by atoms with Crippen molar-refractivity contribution < 1.29 is 4.79 Å². The molecule has 0 radical (unpaired) electrons. The van der Waals surface area contributed by atoms with Gasteiger partial charge in [0.15, 0.2) is 5.16 Å². The topological polar surface area (TPSA) is 127 Å². The lowest BCUT2D eigenvalue weighted by Gasteiger charge is -2.10. The van der Waals surface area contributed by atoms with E-state index in [-0.39, 0.29) is 11.7 Å². The zero-order valence-corrected chi connectivity index (χ0v) is 19.1. The van der Waals surface area contributed by atoms with Crippen molar-refractivity contribution in [1.29, 1.82) is 0 Å². The van der Waals surface area contributed by atoms with Gasteiger partial charge in [-0.1, -0.05) is 23.9 Å². The molecule has 12 heteroatoms. The van der Waals surface area contributed by atoms with E-state index in [0.29, 0.717) is 49.0 Å². The second kappa shape index (κ2) is 9.81. The van der Waals surface area contributed by atoms with Crippen LogP contribution in [0.25, 0.3) is 16.8 Å². The molecule has 11 nitrogen and oxygen atoms in total. The van der Waals surface area contributed by atoms with E-state index in [1.54, 1.807) is 4.40 Å². The molecule has 0 aliphatic heterocycles. The van der Waals surface area contributed by atoms with Gasteiger partial charge < -0.3 is 20.5 Å². The third-order valence-corrected chi connectivity index (χ3v) is 5.68. The van der Waals surface area contributed by atoms with Gasteiger partial charge in [0.1, 0.15) is 5.82 Å². The number of benzene rings is 1. The first kappa shape index (κ1) is 21.8. The van der Waals surface area contributed by atoms with Crippen molar-refractivity contribution in [3.05, 3.63) is 30.1 Å². The Morgan fingerprint density at radius 3 is 2.69 bits per heavy atom. The molecule has 0 atom stereocenters. The fourth-order valence-corrected chi connectivity index (χ4v) is 4.12. The summed E-state index contributed by atoms with van der Waals surface area (Å²) in [6.45, 7) is 8.48. The molecule has 0 fully saturated rings. The Kier molecular flexibility index (Phi) is 6.69. The number of nitrogens with one attached hydrogen (secondary N) is 3. The molecule has 32 heavy (non-hydrogen) atoms. The van der Waals surface area contributed by atoms with Gasteiger partial charge in [-0.3, -0.25) is 4.79 Å². The second-order valence-corrected chi connectivity index (χ2v) is 7.93. The first-order chi connectivity index (χ1) is 15.6. The Labute approximate surface area is 189 Å². The average molecular weight is 455 g/mol. The van der Waals surface area contributed by atoms with Crippen LogP contribution in [0.1, 0.15) is 19.7 Å². The molecule has 3 aromatic heterocycles. The van der Waals surface area contributed by atoms with Crippen molar-refractivity contribution in [1.82, 2.24) is 39.4 Å². The minimum atomic E-state index is -0.0796. The zero-order valence-electron chi connectivity index (χ0n) is 18.3. The summed E-state index contributed by atoms with van der Waals surface area (Å²) < 4.78 is 3.83. The lowest BCUT2D eigenvalue weighted by Crippen LogP contribution is -2.29. The molecule has 0 bridgehead atoms. The number of para-hydroxylation sites is 2. The number of rotatable bonds is 10. The van der Waals surface area contributed by atoms with Gasteiger partial charge in [-0.15, -0.1) is 10.2 Å². The van der Waals surface area contributed by atoms with Crippen molar-refractivity contribution in [2.45, 2.75) is 32.5 Å². The Bertz CT molecular complexity index is 1230. The number of anilines is 2. The molecule has 1 amide bonds. The van der Waals surface area contributed by atoms with Gasteiger partial charge in [-0.25, -0.2) is 9.38 Å². The van der Waals surface area contributed by atoms with Crippen molar-refractivity contribution in [2.24, 2.45) is 0 Å². The van der Waals surface area contributed by atoms with Crippen LogP contribution in [0, 0.1) is 6.92 Å². The minimum Gasteiger partial charge on any atom is -0.355 e. The Morgan fingerprint density at radius 1 is 1.06 bits per heavy atom. The number of nitrogens with zero attached hydrogens (tertiary/aromatic N) is 7. The molecule has 0 aliphatic rings.